The van der Waals surface area contributed by atoms with E-state index in [0.717, 1.165) is 36.9 Å². The number of hydrogen-bond acceptors (Lipinski definition) is 3. The summed E-state index contributed by atoms with van der Waals surface area (Å²) in [5.74, 6) is -0.570. The molecular weight excluding hydrogens is 347 g/mol. The minimum atomic E-state index is -0.315. The molecule has 2 amide bonds. The summed E-state index contributed by atoms with van der Waals surface area (Å²) in [7, 11) is 0. The monoisotopic (exact) mass is 372 g/mol. The Morgan fingerprint density at radius 1 is 1.22 bits per heavy atom. The standard InChI is InChI=1S/C20H25FN4O2/c1-3-13(2)23-20(27)18-24-17(16-6-4-5-11-25(16)18)19(26)22-12-14-7-9-15(21)10-8-14/h7-10,13H,3-6,11-12H2,1-2H3,(H,22,26)(H,23,27). The van der Waals surface area contributed by atoms with Crippen molar-refractivity contribution in [3.63, 3.8) is 0 Å². The van der Waals surface area contributed by atoms with Crippen LogP contribution in [0.3, 0.4) is 0 Å². The summed E-state index contributed by atoms with van der Waals surface area (Å²) in [5, 5.41) is 5.74. The van der Waals surface area contributed by atoms with Crippen molar-refractivity contribution in [3.8, 4) is 0 Å². The molecule has 0 saturated heterocycles. The number of rotatable bonds is 6. The summed E-state index contributed by atoms with van der Waals surface area (Å²) in [6.07, 6.45) is 3.48. The van der Waals surface area contributed by atoms with E-state index in [4.69, 9.17) is 0 Å². The molecule has 0 aliphatic carbocycles. The number of aromatic nitrogens is 2. The molecular formula is C20H25FN4O2. The molecule has 2 aromatic rings. The molecule has 0 fully saturated rings. The molecule has 2 N–H and O–H groups in total. The van der Waals surface area contributed by atoms with Crippen molar-refractivity contribution >= 4 is 11.8 Å². The second-order valence-corrected chi connectivity index (χ2v) is 6.93. The number of fused-ring (bicyclic) bond motifs is 1. The van der Waals surface area contributed by atoms with Gasteiger partial charge in [0.15, 0.2) is 5.82 Å². The van der Waals surface area contributed by atoms with Gasteiger partial charge in [0, 0.05) is 19.1 Å². The van der Waals surface area contributed by atoms with Crippen molar-refractivity contribution in [1.29, 1.82) is 0 Å². The zero-order valence-corrected chi connectivity index (χ0v) is 15.7. The lowest BCUT2D eigenvalue weighted by atomic mass is 10.1. The third-order valence-corrected chi connectivity index (χ3v) is 4.89. The Morgan fingerprint density at radius 2 is 1.96 bits per heavy atom. The lowest BCUT2D eigenvalue weighted by molar-refractivity contribution is 0.0923. The van der Waals surface area contributed by atoms with E-state index in [9.17, 15) is 14.0 Å². The van der Waals surface area contributed by atoms with Gasteiger partial charge in [-0.15, -0.1) is 0 Å². The van der Waals surface area contributed by atoms with Gasteiger partial charge in [-0.1, -0.05) is 19.1 Å². The second kappa shape index (κ2) is 8.33. The van der Waals surface area contributed by atoms with Gasteiger partial charge in [0.05, 0.1) is 5.69 Å². The summed E-state index contributed by atoms with van der Waals surface area (Å²) in [5.41, 5.74) is 1.92. The highest BCUT2D eigenvalue weighted by atomic mass is 19.1. The fraction of sp³-hybridized carbons (Fsp3) is 0.450. The Morgan fingerprint density at radius 3 is 2.67 bits per heavy atom. The molecule has 1 aliphatic rings. The van der Waals surface area contributed by atoms with Crippen LogP contribution in [0, 0.1) is 5.82 Å². The van der Waals surface area contributed by atoms with Crippen LogP contribution in [0.2, 0.25) is 0 Å². The molecule has 1 aromatic heterocycles. The predicted molar refractivity (Wildman–Crippen MR) is 100.0 cm³/mol. The highest BCUT2D eigenvalue weighted by Gasteiger charge is 2.27. The number of carbonyl (C=O) groups excluding carboxylic acids is 2. The minimum absolute atomic E-state index is 0.0461. The fourth-order valence-corrected chi connectivity index (χ4v) is 3.16. The van der Waals surface area contributed by atoms with Crippen LogP contribution in [0.4, 0.5) is 4.39 Å². The van der Waals surface area contributed by atoms with E-state index in [-0.39, 0.29) is 30.2 Å². The van der Waals surface area contributed by atoms with Gasteiger partial charge in [-0.2, -0.15) is 0 Å². The van der Waals surface area contributed by atoms with Crippen molar-refractivity contribution in [1.82, 2.24) is 20.2 Å². The molecule has 0 bridgehead atoms. The van der Waals surface area contributed by atoms with E-state index in [1.54, 1.807) is 12.1 Å². The maximum atomic E-state index is 13.0. The van der Waals surface area contributed by atoms with Gasteiger partial charge >= 0.3 is 0 Å². The quantitative estimate of drug-likeness (QED) is 0.819. The van der Waals surface area contributed by atoms with Gasteiger partial charge < -0.3 is 15.2 Å². The molecule has 1 unspecified atom stereocenters. The molecule has 0 saturated carbocycles. The third kappa shape index (κ3) is 4.35. The Labute approximate surface area is 158 Å². The number of imidazole rings is 1. The normalized spacial score (nSPS) is 14.3. The second-order valence-electron chi connectivity index (χ2n) is 6.93. The molecule has 2 heterocycles. The van der Waals surface area contributed by atoms with Gasteiger partial charge in [-0.25, -0.2) is 9.37 Å². The zero-order chi connectivity index (χ0) is 19.4. The van der Waals surface area contributed by atoms with Crippen LogP contribution in [0.5, 0.6) is 0 Å². The maximum Gasteiger partial charge on any atom is 0.287 e. The zero-order valence-electron chi connectivity index (χ0n) is 15.7. The summed E-state index contributed by atoms with van der Waals surface area (Å²) < 4.78 is 14.9. The van der Waals surface area contributed by atoms with E-state index >= 15 is 0 Å². The minimum Gasteiger partial charge on any atom is -0.347 e. The smallest absolute Gasteiger partial charge is 0.287 e. The average Bonchev–Trinajstić information content (AvgIpc) is 3.07. The topological polar surface area (TPSA) is 76.0 Å². The van der Waals surface area contributed by atoms with Crippen LogP contribution < -0.4 is 10.6 Å². The summed E-state index contributed by atoms with van der Waals surface area (Å²) in [6, 6.07) is 6.02. The first-order chi connectivity index (χ1) is 13.0. The number of halogens is 1. The highest BCUT2D eigenvalue weighted by molar-refractivity contribution is 5.97. The number of amides is 2. The highest BCUT2D eigenvalue weighted by Crippen LogP contribution is 2.21. The van der Waals surface area contributed by atoms with Crippen LogP contribution in [0.15, 0.2) is 24.3 Å². The van der Waals surface area contributed by atoms with Crippen LogP contribution >= 0.6 is 0 Å². The van der Waals surface area contributed by atoms with Gasteiger partial charge in [0.25, 0.3) is 11.8 Å². The van der Waals surface area contributed by atoms with E-state index in [2.05, 4.69) is 15.6 Å². The van der Waals surface area contributed by atoms with Gasteiger partial charge in [-0.3, -0.25) is 9.59 Å². The first kappa shape index (κ1) is 19.1. The molecule has 144 valence electrons. The van der Waals surface area contributed by atoms with Crippen molar-refractivity contribution in [2.75, 3.05) is 0 Å². The number of hydrogen-bond donors (Lipinski definition) is 2. The van der Waals surface area contributed by atoms with Gasteiger partial charge in [0.2, 0.25) is 0 Å². The van der Waals surface area contributed by atoms with Crippen molar-refractivity contribution in [3.05, 3.63) is 52.9 Å². The molecule has 1 aliphatic heterocycles. The lowest BCUT2D eigenvalue weighted by Crippen LogP contribution is -2.34. The molecule has 0 spiro atoms. The Kier molecular flexibility index (Phi) is 5.88. The average molecular weight is 372 g/mol. The van der Waals surface area contributed by atoms with Crippen molar-refractivity contribution in [2.24, 2.45) is 0 Å². The maximum absolute atomic E-state index is 13.0. The molecule has 3 rings (SSSR count). The van der Waals surface area contributed by atoms with E-state index < -0.39 is 0 Å². The lowest BCUT2D eigenvalue weighted by Gasteiger charge is -2.18. The molecule has 1 aromatic carbocycles. The number of carbonyl (C=O) groups is 2. The number of benzene rings is 1. The summed E-state index contributed by atoms with van der Waals surface area (Å²) >= 11 is 0. The molecule has 6 nitrogen and oxygen atoms in total. The Hall–Kier alpha value is -2.70. The van der Waals surface area contributed by atoms with Crippen molar-refractivity contribution < 1.29 is 14.0 Å². The Bertz CT molecular complexity index is 829. The van der Waals surface area contributed by atoms with Crippen LogP contribution in [-0.2, 0) is 19.5 Å². The van der Waals surface area contributed by atoms with Crippen LogP contribution in [0.25, 0.3) is 0 Å². The SMILES string of the molecule is CCC(C)NC(=O)c1nc(C(=O)NCc2ccc(F)cc2)c2n1CCCC2. The summed E-state index contributed by atoms with van der Waals surface area (Å²) in [4.78, 5) is 29.6. The van der Waals surface area contributed by atoms with E-state index in [1.165, 1.54) is 12.1 Å². The summed E-state index contributed by atoms with van der Waals surface area (Å²) in [6.45, 7) is 4.91. The van der Waals surface area contributed by atoms with E-state index in [1.807, 2.05) is 18.4 Å². The van der Waals surface area contributed by atoms with Crippen molar-refractivity contribution in [2.45, 2.75) is 58.7 Å². The third-order valence-electron chi connectivity index (χ3n) is 4.89. The predicted octanol–water partition coefficient (Wildman–Crippen LogP) is 2.82. The number of nitrogens with zero attached hydrogens (tertiary/aromatic N) is 2. The Balaban J connectivity index is 1.79. The first-order valence-electron chi connectivity index (χ1n) is 9.42. The molecule has 0 radical (unpaired) electrons. The van der Waals surface area contributed by atoms with E-state index in [0.29, 0.717) is 18.1 Å². The largest absolute Gasteiger partial charge is 0.347 e. The van der Waals surface area contributed by atoms with Crippen LogP contribution in [-0.4, -0.2) is 27.4 Å². The molecule has 27 heavy (non-hydrogen) atoms. The molecule has 1 atom stereocenters. The fourth-order valence-electron chi connectivity index (χ4n) is 3.16. The van der Waals surface area contributed by atoms with Gasteiger partial charge in [-0.05, 0) is 50.3 Å². The number of nitrogens with one attached hydrogen (secondary N) is 2. The van der Waals surface area contributed by atoms with Crippen LogP contribution in [0.1, 0.15) is 65.5 Å². The molecule has 7 heteroatoms. The first-order valence-corrected chi connectivity index (χ1v) is 9.42. The van der Waals surface area contributed by atoms with Gasteiger partial charge in [0.1, 0.15) is 11.5 Å².